The Kier molecular flexibility index (Phi) is 14.8. The maximum Gasteiger partial charge on any atom is -0.00259 e. The molecule has 0 aliphatic heterocycles. The van der Waals surface area contributed by atoms with E-state index in [1.807, 2.05) is 0 Å². The third-order valence-corrected chi connectivity index (χ3v) is 18.3. The Morgan fingerprint density at radius 3 is 0.696 bits per heavy atom. The van der Waals surface area contributed by atoms with E-state index in [1.54, 1.807) is 0 Å². The summed E-state index contributed by atoms with van der Waals surface area (Å²) >= 11 is 0. The van der Waals surface area contributed by atoms with Gasteiger partial charge in [-0.2, -0.15) is 0 Å². The first-order valence-corrected chi connectivity index (χ1v) is 31.8. The second-order valence-corrected chi connectivity index (χ2v) is 23.8. The third-order valence-electron chi connectivity index (χ3n) is 18.3. The van der Waals surface area contributed by atoms with Crippen molar-refractivity contribution in [3.63, 3.8) is 0 Å². The fraction of sp³-hybridized carbons (Fsp3) is 0. The average molecular weight is 1170 g/mol. The van der Waals surface area contributed by atoms with Crippen molar-refractivity contribution in [2.75, 3.05) is 0 Å². The number of hydrogen-bond acceptors (Lipinski definition) is 0. The van der Waals surface area contributed by atoms with Gasteiger partial charge in [-0.25, -0.2) is 0 Å². The fourth-order valence-electron chi connectivity index (χ4n) is 14.0. The van der Waals surface area contributed by atoms with Gasteiger partial charge >= 0.3 is 0 Å². The molecule has 0 N–H and O–H groups in total. The lowest BCUT2D eigenvalue weighted by atomic mass is 9.83. The second kappa shape index (κ2) is 24.5. The van der Waals surface area contributed by atoms with Crippen LogP contribution in [0.4, 0.5) is 0 Å². The Hall–Kier alpha value is -12.0. The van der Waals surface area contributed by atoms with E-state index in [0.717, 1.165) is 0 Å². The maximum atomic E-state index is 2.43. The van der Waals surface area contributed by atoms with Gasteiger partial charge < -0.3 is 0 Å². The van der Waals surface area contributed by atoms with Crippen molar-refractivity contribution in [3.8, 4) is 111 Å². The van der Waals surface area contributed by atoms with Gasteiger partial charge in [0.2, 0.25) is 0 Å². The Balaban J connectivity index is 0.000000147. The molecule has 92 heavy (non-hydrogen) atoms. The average Bonchev–Trinajstić information content (AvgIpc) is 0.744. The van der Waals surface area contributed by atoms with Crippen molar-refractivity contribution in [2.45, 2.75) is 0 Å². The molecule has 0 radical (unpaired) electrons. The minimum atomic E-state index is 1.22. The van der Waals surface area contributed by atoms with E-state index in [2.05, 4.69) is 376 Å². The van der Waals surface area contributed by atoms with Crippen LogP contribution in [0.2, 0.25) is 0 Å². The molecule has 0 unspecified atom stereocenters. The van der Waals surface area contributed by atoms with Crippen LogP contribution in [0.15, 0.2) is 376 Å². The van der Waals surface area contributed by atoms with E-state index in [1.165, 1.54) is 165 Å². The summed E-state index contributed by atoms with van der Waals surface area (Å²) < 4.78 is 0. The van der Waals surface area contributed by atoms with Crippen LogP contribution in [0.1, 0.15) is 0 Å². The van der Waals surface area contributed by atoms with E-state index >= 15 is 0 Å². The lowest BCUT2D eigenvalue weighted by Crippen LogP contribution is -1.93. The zero-order chi connectivity index (χ0) is 61.2. The summed E-state index contributed by atoms with van der Waals surface area (Å²) in [5.74, 6) is 0. The van der Waals surface area contributed by atoms with Crippen LogP contribution in [-0.2, 0) is 0 Å². The first-order chi connectivity index (χ1) is 45.6. The molecule has 0 nitrogen and oxygen atoms in total. The molecule has 0 aliphatic carbocycles. The normalized spacial score (nSPS) is 11.3. The van der Waals surface area contributed by atoms with Gasteiger partial charge in [-0.3, -0.25) is 0 Å². The summed E-state index contributed by atoms with van der Waals surface area (Å²) in [5, 5.41) is 12.6. The van der Waals surface area contributed by atoms with E-state index in [4.69, 9.17) is 0 Å². The van der Waals surface area contributed by atoms with Crippen molar-refractivity contribution in [3.05, 3.63) is 376 Å². The SMILES string of the molecule is c1ccc(-c2cccc(-c3c4ccccc4c(-c4cccc(-c5ccccc5)c4)c4cc(-c5cccc6ccccc56)ccc34)c2)cc1.c1ccc(-c2cccc(-c3c4ccccc4c(-c4cccc(-c5ccccc5)c4)c4cc(-c5ccccc5)ccc34)c2)cc1. The van der Waals surface area contributed by atoms with E-state index in [9.17, 15) is 0 Å². The topological polar surface area (TPSA) is 0 Å². The van der Waals surface area contributed by atoms with Crippen LogP contribution in [0, 0.1) is 0 Å². The van der Waals surface area contributed by atoms with Gasteiger partial charge in [0.05, 0.1) is 0 Å². The molecule has 0 saturated carbocycles. The summed E-state index contributed by atoms with van der Waals surface area (Å²) in [5.41, 5.74) is 24.7. The Morgan fingerprint density at radius 1 is 0.109 bits per heavy atom. The van der Waals surface area contributed by atoms with Crippen molar-refractivity contribution < 1.29 is 0 Å². The van der Waals surface area contributed by atoms with Crippen molar-refractivity contribution in [1.82, 2.24) is 0 Å². The van der Waals surface area contributed by atoms with Crippen molar-refractivity contribution in [1.29, 1.82) is 0 Å². The van der Waals surface area contributed by atoms with Crippen LogP contribution >= 0.6 is 0 Å². The van der Waals surface area contributed by atoms with E-state index < -0.39 is 0 Å². The van der Waals surface area contributed by atoms with Crippen LogP contribution in [0.25, 0.3) is 165 Å². The lowest BCUT2D eigenvalue weighted by molar-refractivity contribution is 1.60. The molecule has 0 fully saturated rings. The van der Waals surface area contributed by atoms with Gasteiger partial charge in [0.15, 0.2) is 0 Å². The van der Waals surface area contributed by atoms with Gasteiger partial charge in [0.25, 0.3) is 0 Å². The Morgan fingerprint density at radius 2 is 0.337 bits per heavy atom. The predicted molar refractivity (Wildman–Crippen MR) is 395 cm³/mol. The fourth-order valence-corrected chi connectivity index (χ4v) is 14.0. The van der Waals surface area contributed by atoms with E-state index in [-0.39, 0.29) is 0 Å². The summed E-state index contributed by atoms with van der Waals surface area (Å²) in [7, 11) is 0. The highest BCUT2D eigenvalue weighted by molar-refractivity contribution is 6.24. The summed E-state index contributed by atoms with van der Waals surface area (Å²) in [6, 6.07) is 137. The first-order valence-electron chi connectivity index (χ1n) is 31.8. The zero-order valence-electron chi connectivity index (χ0n) is 50.8. The highest BCUT2D eigenvalue weighted by atomic mass is 14.2. The number of benzene rings is 17. The zero-order valence-corrected chi connectivity index (χ0v) is 50.8. The highest BCUT2D eigenvalue weighted by Crippen LogP contribution is 2.49. The van der Waals surface area contributed by atoms with Gasteiger partial charge in [-0.05, 0) is 202 Å². The minimum absolute atomic E-state index is 1.22. The van der Waals surface area contributed by atoms with Crippen molar-refractivity contribution in [2.24, 2.45) is 0 Å². The Bertz CT molecular complexity index is 5530. The summed E-state index contributed by atoms with van der Waals surface area (Å²) in [6.45, 7) is 0. The molecule has 0 aromatic heterocycles. The molecule has 17 aromatic carbocycles. The standard InChI is InChI=1S/C48H32.C44H30/c1-3-14-33(15-4-1)36-20-11-22-39(30-36)47-43-25-9-10-26-44(43)48(40-23-12-21-37(31-40)34-16-5-2-6-17-34)46-32-38(28-29-45(46)47)42-27-13-19-35-18-7-8-24-41(35)42;1-4-14-31(15-5-1)34-20-12-22-37(28-34)43-39-24-10-11-25-40(39)44(38-23-13-21-35(29-38)32-16-6-2-7-17-32)42-30-36(26-27-41(42)43)33-18-8-3-9-19-33/h1-32H;1-30H. The van der Waals surface area contributed by atoms with Gasteiger partial charge in [0, 0.05) is 0 Å². The molecule has 17 aromatic rings. The van der Waals surface area contributed by atoms with Crippen LogP contribution in [0.3, 0.4) is 0 Å². The smallest absolute Gasteiger partial charge is 0.00259 e. The molecule has 0 saturated heterocycles. The van der Waals surface area contributed by atoms with Crippen LogP contribution < -0.4 is 0 Å². The minimum Gasteiger partial charge on any atom is -0.0622 e. The molecule has 17 rings (SSSR count). The number of hydrogen-bond donors (Lipinski definition) is 0. The highest BCUT2D eigenvalue weighted by Gasteiger charge is 2.21. The molecule has 430 valence electrons. The molecule has 0 atom stereocenters. The van der Waals surface area contributed by atoms with Crippen LogP contribution in [0.5, 0.6) is 0 Å². The summed E-state index contributed by atoms with van der Waals surface area (Å²) in [4.78, 5) is 0. The van der Waals surface area contributed by atoms with E-state index in [0.29, 0.717) is 0 Å². The van der Waals surface area contributed by atoms with Gasteiger partial charge in [0.1, 0.15) is 0 Å². The molecule has 0 spiro atoms. The van der Waals surface area contributed by atoms with Crippen molar-refractivity contribution >= 4 is 53.9 Å². The number of rotatable bonds is 10. The molecular formula is C92H62. The molecule has 0 heteroatoms. The molecule has 0 heterocycles. The quantitative estimate of drug-likeness (QED) is 0.120. The first kappa shape index (κ1) is 55.4. The predicted octanol–water partition coefficient (Wildman–Crippen LogP) is 25.8. The van der Waals surface area contributed by atoms with Gasteiger partial charge in [-0.15, -0.1) is 0 Å². The molecular weight excluding hydrogens is 1110 g/mol. The molecule has 0 bridgehead atoms. The molecule has 0 aliphatic rings. The van der Waals surface area contributed by atoms with Gasteiger partial charge in [-0.1, -0.05) is 340 Å². The number of fused-ring (bicyclic) bond motifs is 5. The monoisotopic (exact) mass is 1170 g/mol. The summed E-state index contributed by atoms with van der Waals surface area (Å²) in [6.07, 6.45) is 0. The lowest BCUT2D eigenvalue weighted by Gasteiger charge is -2.20. The maximum absolute atomic E-state index is 2.43. The second-order valence-electron chi connectivity index (χ2n) is 23.8. The largest absolute Gasteiger partial charge is 0.0622 e. The molecule has 0 amide bonds. The third kappa shape index (κ3) is 10.6. The Labute approximate surface area is 537 Å². The van der Waals surface area contributed by atoms with Crippen LogP contribution in [-0.4, -0.2) is 0 Å².